The Morgan fingerprint density at radius 1 is 1.27 bits per heavy atom. The zero-order valence-electron chi connectivity index (χ0n) is 14.7. The number of hydrogen-bond acceptors (Lipinski definition) is 4. The Labute approximate surface area is 133 Å². The monoisotopic (exact) mass is 308 g/mol. The van der Waals surface area contributed by atoms with Gasteiger partial charge in [-0.2, -0.15) is 0 Å². The summed E-state index contributed by atoms with van der Waals surface area (Å²) in [6, 6.07) is 0. The van der Waals surface area contributed by atoms with Gasteiger partial charge in [0.1, 0.15) is 11.7 Å². The maximum absolute atomic E-state index is 12.5. The Morgan fingerprint density at radius 2 is 1.82 bits per heavy atom. The number of esters is 2. The molecule has 1 saturated heterocycles. The number of fused-ring (bicyclic) bond motifs is 2. The lowest BCUT2D eigenvalue weighted by Crippen LogP contribution is -2.62. The molecular weight excluding hydrogens is 280 g/mol. The van der Waals surface area contributed by atoms with Crippen molar-refractivity contribution in [2.24, 2.45) is 29.1 Å². The molecule has 0 amide bonds. The zero-order valence-corrected chi connectivity index (χ0v) is 14.7. The van der Waals surface area contributed by atoms with E-state index in [0.717, 1.165) is 0 Å². The predicted octanol–water partition coefficient (Wildman–Crippen LogP) is 3.35. The summed E-state index contributed by atoms with van der Waals surface area (Å²) in [6.07, 6.45) is -0.406. The maximum Gasteiger partial charge on any atom is 0.333 e. The molecule has 22 heavy (non-hydrogen) atoms. The summed E-state index contributed by atoms with van der Waals surface area (Å²) in [7, 11) is 0. The fraction of sp³-hybridized carbons (Fsp3) is 0.778. The fourth-order valence-electron chi connectivity index (χ4n) is 4.77. The van der Waals surface area contributed by atoms with Gasteiger partial charge in [0, 0.05) is 17.4 Å². The molecule has 1 heterocycles. The van der Waals surface area contributed by atoms with Crippen LogP contribution in [0.15, 0.2) is 12.2 Å². The topological polar surface area (TPSA) is 52.6 Å². The van der Waals surface area contributed by atoms with Crippen molar-refractivity contribution in [2.45, 2.75) is 60.2 Å². The Kier molecular flexibility index (Phi) is 3.95. The van der Waals surface area contributed by atoms with Gasteiger partial charge in [-0.1, -0.05) is 34.3 Å². The number of rotatable bonds is 3. The van der Waals surface area contributed by atoms with Crippen molar-refractivity contribution in [1.82, 2.24) is 0 Å². The average Bonchev–Trinajstić information content (AvgIpc) is 2.59. The lowest BCUT2D eigenvalue weighted by Gasteiger charge is -2.53. The third-order valence-electron chi connectivity index (χ3n) is 6.16. The molecule has 4 heteroatoms. The highest BCUT2D eigenvalue weighted by molar-refractivity contribution is 5.87. The quantitative estimate of drug-likeness (QED) is 0.592. The molecule has 6 unspecified atom stereocenters. The zero-order chi connectivity index (χ0) is 17.0. The van der Waals surface area contributed by atoms with Crippen LogP contribution in [0, 0.1) is 29.1 Å². The lowest BCUT2D eigenvalue weighted by atomic mass is 9.52. The summed E-state index contributed by atoms with van der Waals surface area (Å²) in [5.41, 5.74) is -0.981. The van der Waals surface area contributed by atoms with Crippen LogP contribution in [0.25, 0.3) is 0 Å². The van der Waals surface area contributed by atoms with Gasteiger partial charge in [0.25, 0.3) is 0 Å². The van der Waals surface area contributed by atoms with Crippen molar-refractivity contribution in [1.29, 1.82) is 0 Å². The van der Waals surface area contributed by atoms with Gasteiger partial charge in [-0.05, 0) is 32.6 Å². The minimum Gasteiger partial charge on any atom is -0.457 e. The first-order valence-corrected chi connectivity index (χ1v) is 8.07. The molecular formula is C18H28O4. The van der Waals surface area contributed by atoms with E-state index in [1.165, 1.54) is 0 Å². The molecule has 0 spiro atoms. The van der Waals surface area contributed by atoms with E-state index < -0.39 is 23.1 Å². The summed E-state index contributed by atoms with van der Waals surface area (Å²) in [4.78, 5) is 24.7. The van der Waals surface area contributed by atoms with Crippen molar-refractivity contribution in [3.63, 3.8) is 0 Å². The minimum absolute atomic E-state index is 0.00733. The standard InChI is InChI=1S/C18H28O4/c1-9(2)13-11(5)17(7)12(6)14(21-16(17)20)18(13,8)22-15(19)10(3)4/h9,11-14H,3H2,1-2,4-8H3. The maximum atomic E-state index is 12.5. The first-order valence-electron chi connectivity index (χ1n) is 8.07. The van der Waals surface area contributed by atoms with E-state index in [1.54, 1.807) is 6.92 Å². The molecule has 4 nitrogen and oxygen atoms in total. The third-order valence-corrected chi connectivity index (χ3v) is 6.16. The molecule has 124 valence electrons. The third kappa shape index (κ3) is 2.03. The van der Waals surface area contributed by atoms with Gasteiger partial charge < -0.3 is 9.47 Å². The molecule has 0 aromatic heterocycles. The molecule has 1 aliphatic carbocycles. The summed E-state index contributed by atoms with van der Waals surface area (Å²) in [5.74, 6) is -0.197. The van der Waals surface area contributed by atoms with Crippen LogP contribution in [0.3, 0.4) is 0 Å². The summed E-state index contributed by atoms with van der Waals surface area (Å²) >= 11 is 0. The second-order valence-electron chi connectivity index (χ2n) is 7.81. The van der Waals surface area contributed by atoms with Crippen molar-refractivity contribution in [2.75, 3.05) is 0 Å². The smallest absolute Gasteiger partial charge is 0.333 e. The summed E-state index contributed by atoms with van der Waals surface area (Å²) in [6.45, 7) is 17.5. The Morgan fingerprint density at radius 3 is 2.27 bits per heavy atom. The normalized spacial score (nSPS) is 43.9. The van der Waals surface area contributed by atoms with Crippen LogP contribution in [0.5, 0.6) is 0 Å². The molecule has 0 N–H and O–H groups in total. The number of hydrogen-bond donors (Lipinski definition) is 0. The van der Waals surface area contributed by atoms with Crippen LogP contribution in [0.4, 0.5) is 0 Å². The van der Waals surface area contributed by atoms with Crippen LogP contribution < -0.4 is 0 Å². The molecule has 2 bridgehead atoms. The van der Waals surface area contributed by atoms with Crippen molar-refractivity contribution in [3.05, 3.63) is 12.2 Å². The van der Waals surface area contributed by atoms with Crippen LogP contribution in [-0.4, -0.2) is 23.6 Å². The molecule has 2 aliphatic rings. The van der Waals surface area contributed by atoms with E-state index in [-0.39, 0.29) is 29.6 Å². The van der Waals surface area contributed by atoms with Gasteiger partial charge in [0.2, 0.25) is 0 Å². The van der Waals surface area contributed by atoms with E-state index in [1.807, 2.05) is 20.8 Å². The van der Waals surface area contributed by atoms with Crippen LogP contribution in [0.2, 0.25) is 0 Å². The van der Waals surface area contributed by atoms with Crippen molar-refractivity contribution >= 4 is 11.9 Å². The van der Waals surface area contributed by atoms with Crippen molar-refractivity contribution in [3.8, 4) is 0 Å². The highest BCUT2D eigenvalue weighted by atomic mass is 16.6. The lowest BCUT2D eigenvalue weighted by molar-refractivity contribution is -0.202. The number of carbonyl (C=O) groups excluding carboxylic acids is 2. The van der Waals surface area contributed by atoms with E-state index in [2.05, 4.69) is 27.4 Å². The Balaban J connectivity index is 2.53. The van der Waals surface area contributed by atoms with Gasteiger partial charge in [-0.25, -0.2) is 4.79 Å². The van der Waals surface area contributed by atoms with E-state index in [9.17, 15) is 9.59 Å². The van der Waals surface area contributed by atoms with Gasteiger partial charge in [0.05, 0.1) is 5.41 Å². The summed E-state index contributed by atoms with van der Waals surface area (Å²) in [5, 5.41) is 0. The number of carbonyl (C=O) groups is 2. The molecule has 0 aromatic carbocycles. The SMILES string of the molecule is C=C(C)C(=O)OC1(C)C2OC(=O)C(C)(C2C)C(C)C1C(C)C. The largest absolute Gasteiger partial charge is 0.457 e. The molecule has 6 atom stereocenters. The predicted molar refractivity (Wildman–Crippen MR) is 84.0 cm³/mol. The van der Waals surface area contributed by atoms with Gasteiger partial charge >= 0.3 is 11.9 Å². The van der Waals surface area contributed by atoms with Crippen molar-refractivity contribution < 1.29 is 19.1 Å². The second kappa shape index (κ2) is 5.10. The number of ether oxygens (including phenoxy) is 2. The Bertz CT molecular complexity index is 523. The first-order chi connectivity index (χ1) is 9.97. The van der Waals surface area contributed by atoms with Crippen LogP contribution in [-0.2, 0) is 19.1 Å². The van der Waals surface area contributed by atoms with Crippen LogP contribution in [0.1, 0.15) is 48.5 Å². The van der Waals surface area contributed by atoms with E-state index in [4.69, 9.17) is 9.47 Å². The molecule has 2 rings (SSSR count). The van der Waals surface area contributed by atoms with Gasteiger partial charge in [-0.3, -0.25) is 4.79 Å². The van der Waals surface area contributed by atoms with Gasteiger partial charge in [0.15, 0.2) is 0 Å². The summed E-state index contributed by atoms with van der Waals surface area (Å²) < 4.78 is 11.6. The second-order valence-corrected chi connectivity index (χ2v) is 7.81. The first kappa shape index (κ1) is 17.0. The Hall–Kier alpha value is -1.32. The van der Waals surface area contributed by atoms with Gasteiger partial charge in [-0.15, -0.1) is 0 Å². The molecule has 0 radical (unpaired) electrons. The fourth-order valence-corrected chi connectivity index (χ4v) is 4.77. The van der Waals surface area contributed by atoms with Crippen LogP contribution >= 0.6 is 0 Å². The van der Waals surface area contributed by atoms with E-state index in [0.29, 0.717) is 5.57 Å². The highest BCUT2D eigenvalue weighted by Gasteiger charge is 2.70. The molecule has 0 aromatic rings. The average molecular weight is 308 g/mol. The molecule has 1 saturated carbocycles. The molecule has 2 fully saturated rings. The highest BCUT2D eigenvalue weighted by Crippen LogP contribution is 2.60. The molecule has 1 aliphatic heterocycles. The minimum atomic E-state index is -0.825. The van der Waals surface area contributed by atoms with E-state index >= 15 is 0 Å².